The van der Waals surface area contributed by atoms with Crippen LogP contribution in [0.2, 0.25) is 0 Å². The molecule has 0 aromatic carbocycles. The Bertz CT molecular complexity index is 193. The highest BCUT2D eigenvalue weighted by Crippen LogP contribution is 2.42. The predicted molar refractivity (Wildman–Crippen MR) is 50.0 cm³/mol. The zero-order valence-electron chi connectivity index (χ0n) is 8.05. The summed E-state index contributed by atoms with van der Waals surface area (Å²) in [5.41, 5.74) is 0.503. The van der Waals surface area contributed by atoms with Crippen molar-refractivity contribution in [2.75, 3.05) is 13.2 Å². The van der Waals surface area contributed by atoms with Crippen molar-refractivity contribution >= 4 is 0 Å². The summed E-state index contributed by atoms with van der Waals surface area (Å²) in [7, 11) is 0. The van der Waals surface area contributed by atoms with Gasteiger partial charge >= 0.3 is 0 Å². The molecule has 2 unspecified atom stereocenters. The van der Waals surface area contributed by atoms with E-state index in [1.165, 1.54) is 12.8 Å². The van der Waals surface area contributed by atoms with Gasteiger partial charge in [-0.1, -0.05) is 26.0 Å². The van der Waals surface area contributed by atoms with Crippen LogP contribution in [0.4, 0.5) is 0 Å². The fraction of sp³-hybridized carbons (Fsp3) is 0.818. The molecular weight excluding hydrogens is 148 g/mol. The van der Waals surface area contributed by atoms with Gasteiger partial charge in [-0.05, 0) is 24.2 Å². The molecular formula is C11H18O. The second-order valence-electron chi connectivity index (χ2n) is 4.81. The average molecular weight is 166 g/mol. The van der Waals surface area contributed by atoms with Gasteiger partial charge in [0.05, 0.1) is 6.61 Å². The first-order chi connectivity index (χ1) is 5.68. The quantitative estimate of drug-likeness (QED) is 0.503. The molecule has 1 fully saturated rings. The van der Waals surface area contributed by atoms with Gasteiger partial charge in [0.25, 0.3) is 0 Å². The molecule has 2 heterocycles. The first-order valence-electron chi connectivity index (χ1n) is 4.94. The van der Waals surface area contributed by atoms with E-state index in [9.17, 15) is 0 Å². The minimum atomic E-state index is 0.503. The van der Waals surface area contributed by atoms with Crippen molar-refractivity contribution in [2.45, 2.75) is 26.7 Å². The van der Waals surface area contributed by atoms with E-state index in [-0.39, 0.29) is 0 Å². The van der Waals surface area contributed by atoms with Crippen LogP contribution in [0.3, 0.4) is 0 Å². The van der Waals surface area contributed by atoms with Crippen LogP contribution in [-0.2, 0) is 4.74 Å². The Morgan fingerprint density at radius 3 is 2.92 bits per heavy atom. The molecule has 3 aliphatic rings. The van der Waals surface area contributed by atoms with E-state index in [1.807, 2.05) is 0 Å². The Hall–Kier alpha value is -0.300. The van der Waals surface area contributed by atoms with E-state index in [2.05, 4.69) is 26.0 Å². The molecule has 12 heavy (non-hydrogen) atoms. The zero-order chi connectivity index (χ0) is 8.60. The van der Waals surface area contributed by atoms with Crippen molar-refractivity contribution in [3.63, 3.8) is 0 Å². The van der Waals surface area contributed by atoms with Crippen molar-refractivity contribution in [3.8, 4) is 0 Å². The number of hydrogen-bond acceptors (Lipinski definition) is 1. The summed E-state index contributed by atoms with van der Waals surface area (Å²) < 4.78 is 5.55. The molecule has 3 rings (SSSR count). The minimum absolute atomic E-state index is 0.503. The summed E-state index contributed by atoms with van der Waals surface area (Å²) in [5.74, 6) is 1.42. The lowest BCUT2D eigenvalue weighted by Gasteiger charge is -2.40. The largest absolute Gasteiger partial charge is 0.381 e. The molecule has 0 radical (unpaired) electrons. The molecule has 2 atom stereocenters. The highest BCUT2D eigenvalue weighted by molar-refractivity contribution is 5.05. The first kappa shape index (κ1) is 8.31. The fourth-order valence-electron chi connectivity index (χ4n) is 2.49. The smallest absolute Gasteiger partial charge is 0.0528 e. The van der Waals surface area contributed by atoms with Crippen molar-refractivity contribution in [1.29, 1.82) is 0 Å². The van der Waals surface area contributed by atoms with Gasteiger partial charge in [-0.2, -0.15) is 0 Å². The summed E-state index contributed by atoms with van der Waals surface area (Å²) in [6.45, 7) is 6.67. The Morgan fingerprint density at radius 2 is 2.17 bits per heavy atom. The molecule has 0 spiro atoms. The topological polar surface area (TPSA) is 9.23 Å². The number of rotatable bonds is 0. The van der Waals surface area contributed by atoms with Gasteiger partial charge in [0, 0.05) is 12.5 Å². The third-order valence-electron chi connectivity index (χ3n) is 3.31. The number of fused-ring (bicyclic) bond motifs is 4. The molecule has 0 amide bonds. The highest BCUT2D eigenvalue weighted by Gasteiger charge is 2.34. The molecule has 1 saturated heterocycles. The minimum Gasteiger partial charge on any atom is -0.381 e. The lowest BCUT2D eigenvalue weighted by atomic mass is 9.67. The third-order valence-corrected chi connectivity index (χ3v) is 3.31. The summed E-state index contributed by atoms with van der Waals surface area (Å²) in [6, 6.07) is 0. The van der Waals surface area contributed by atoms with Crippen LogP contribution in [0.5, 0.6) is 0 Å². The van der Waals surface area contributed by atoms with Crippen LogP contribution >= 0.6 is 0 Å². The summed E-state index contributed by atoms with van der Waals surface area (Å²) >= 11 is 0. The standard InChI is InChI=1S/C11H18O/c1-11(2)7-9-3-4-10(11)5-6-12-8-9/h3-4,9-10H,5-8H2,1-2H3. The monoisotopic (exact) mass is 166 g/mol. The normalized spacial score (nSPS) is 39.2. The van der Waals surface area contributed by atoms with Crippen molar-refractivity contribution in [3.05, 3.63) is 12.2 Å². The Kier molecular flexibility index (Phi) is 1.99. The van der Waals surface area contributed by atoms with Gasteiger partial charge in [-0.3, -0.25) is 0 Å². The van der Waals surface area contributed by atoms with Crippen LogP contribution < -0.4 is 0 Å². The van der Waals surface area contributed by atoms with Crippen LogP contribution in [0.1, 0.15) is 26.7 Å². The Labute approximate surface area is 74.8 Å². The Morgan fingerprint density at radius 1 is 1.33 bits per heavy atom. The summed E-state index contributed by atoms with van der Waals surface area (Å²) in [4.78, 5) is 0. The summed E-state index contributed by atoms with van der Waals surface area (Å²) in [5, 5.41) is 0. The molecule has 1 aliphatic carbocycles. The van der Waals surface area contributed by atoms with E-state index in [0.717, 1.165) is 19.1 Å². The molecule has 2 aliphatic heterocycles. The van der Waals surface area contributed by atoms with Gasteiger partial charge in [0.2, 0.25) is 0 Å². The van der Waals surface area contributed by atoms with E-state index >= 15 is 0 Å². The number of hydrogen-bond donors (Lipinski definition) is 0. The van der Waals surface area contributed by atoms with Crippen LogP contribution in [0.15, 0.2) is 12.2 Å². The second-order valence-corrected chi connectivity index (χ2v) is 4.81. The molecule has 1 nitrogen and oxygen atoms in total. The van der Waals surface area contributed by atoms with Gasteiger partial charge in [0.15, 0.2) is 0 Å². The molecule has 2 bridgehead atoms. The van der Waals surface area contributed by atoms with Gasteiger partial charge in [0.1, 0.15) is 0 Å². The fourth-order valence-corrected chi connectivity index (χ4v) is 2.49. The average Bonchev–Trinajstić information content (AvgIpc) is 1.92. The lowest BCUT2D eigenvalue weighted by Crippen LogP contribution is -2.33. The van der Waals surface area contributed by atoms with E-state index in [0.29, 0.717) is 11.3 Å². The Balaban J connectivity index is 2.21. The molecule has 0 saturated carbocycles. The number of allylic oxidation sites excluding steroid dienone is 1. The number of ether oxygens (including phenoxy) is 1. The maximum atomic E-state index is 5.55. The third kappa shape index (κ3) is 1.42. The van der Waals surface area contributed by atoms with Crippen molar-refractivity contribution in [2.24, 2.45) is 17.3 Å². The zero-order valence-corrected chi connectivity index (χ0v) is 8.05. The van der Waals surface area contributed by atoms with Crippen LogP contribution in [0, 0.1) is 17.3 Å². The van der Waals surface area contributed by atoms with Gasteiger partial charge in [-0.15, -0.1) is 0 Å². The molecule has 68 valence electrons. The van der Waals surface area contributed by atoms with Crippen molar-refractivity contribution < 1.29 is 4.74 Å². The van der Waals surface area contributed by atoms with E-state index < -0.39 is 0 Å². The molecule has 1 heteroatoms. The second kappa shape index (κ2) is 2.88. The molecule has 0 aromatic heterocycles. The first-order valence-corrected chi connectivity index (χ1v) is 4.94. The van der Waals surface area contributed by atoms with Crippen LogP contribution in [0.25, 0.3) is 0 Å². The maximum absolute atomic E-state index is 5.55. The highest BCUT2D eigenvalue weighted by atomic mass is 16.5. The predicted octanol–water partition coefficient (Wildman–Crippen LogP) is 2.63. The maximum Gasteiger partial charge on any atom is 0.0528 e. The van der Waals surface area contributed by atoms with E-state index in [4.69, 9.17) is 4.74 Å². The summed E-state index contributed by atoms with van der Waals surface area (Å²) in [6.07, 6.45) is 7.27. The SMILES string of the molecule is CC1(C)CC2C=CC1CCOC2. The van der Waals surface area contributed by atoms with Gasteiger partial charge in [-0.25, -0.2) is 0 Å². The lowest BCUT2D eigenvalue weighted by molar-refractivity contribution is 0.0340. The molecule has 0 N–H and O–H groups in total. The van der Waals surface area contributed by atoms with E-state index in [1.54, 1.807) is 0 Å². The van der Waals surface area contributed by atoms with Crippen LogP contribution in [-0.4, -0.2) is 13.2 Å². The molecule has 0 aromatic rings. The van der Waals surface area contributed by atoms with Crippen molar-refractivity contribution in [1.82, 2.24) is 0 Å². The van der Waals surface area contributed by atoms with Gasteiger partial charge < -0.3 is 4.74 Å².